The van der Waals surface area contributed by atoms with Crippen LogP contribution in [-0.4, -0.2) is 25.1 Å². The van der Waals surface area contributed by atoms with Crippen LogP contribution >= 0.6 is 0 Å². The first-order chi connectivity index (χ1) is 6.40. The van der Waals surface area contributed by atoms with E-state index in [0.717, 1.165) is 31.4 Å². The van der Waals surface area contributed by atoms with Gasteiger partial charge < -0.3 is 14.6 Å². The van der Waals surface area contributed by atoms with Crippen LogP contribution in [0.3, 0.4) is 0 Å². The Hall–Kier alpha value is -1.03. The lowest BCUT2D eigenvalue weighted by Gasteiger charge is -2.10. The first kappa shape index (κ1) is 8.56. The van der Waals surface area contributed by atoms with E-state index >= 15 is 0 Å². The standard InChI is InChI=1S/C9H15N3O/c1-10-6-8-7-11-9(13-8)12-4-2-3-5-12/h7,10H,2-6H2,1H3. The first-order valence-corrected chi connectivity index (χ1v) is 4.74. The fourth-order valence-corrected chi connectivity index (χ4v) is 1.61. The van der Waals surface area contributed by atoms with E-state index in [9.17, 15) is 0 Å². The summed E-state index contributed by atoms with van der Waals surface area (Å²) >= 11 is 0. The molecule has 0 spiro atoms. The molecule has 1 aromatic rings. The van der Waals surface area contributed by atoms with E-state index in [4.69, 9.17) is 4.42 Å². The summed E-state index contributed by atoms with van der Waals surface area (Å²) in [5, 5.41) is 3.04. The van der Waals surface area contributed by atoms with E-state index < -0.39 is 0 Å². The maximum absolute atomic E-state index is 5.56. The molecule has 4 nitrogen and oxygen atoms in total. The lowest BCUT2D eigenvalue weighted by atomic mass is 10.4. The molecule has 0 saturated carbocycles. The Balaban J connectivity index is 2.03. The highest BCUT2D eigenvalue weighted by Gasteiger charge is 2.16. The van der Waals surface area contributed by atoms with E-state index in [1.165, 1.54) is 12.8 Å². The number of rotatable bonds is 3. The quantitative estimate of drug-likeness (QED) is 0.755. The van der Waals surface area contributed by atoms with Crippen molar-refractivity contribution < 1.29 is 4.42 Å². The van der Waals surface area contributed by atoms with Crippen molar-refractivity contribution in [2.75, 3.05) is 25.0 Å². The zero-order valence-electron chi connectivity index (χ0n) is 7.92. The van der Waals surface area contributed by atoms with Gasteiger partial charge in [-0.2, -0.15) is 0 Å². The fraction of sp³-hybridized carbons (Fsp3) is 0.667. The lowest BCUT2D eigenvalue weighted by molar-refractivity contribution is 0.487. The molecule has 1 aliphatic heterocycles. The molecule has 2 rings (SSSR count). The Morgan fingerprint density at radius 1 is 1.54 bits per heavy atom. The van der Waals surface area contributed by atoms with Crippen molar-refractivity contribution >= 4 is 6.01 Å². The van der Waals surface area contributed by atoms with E-state index in [-0.39, 0.29) is 0 Å². The minimum atomic E-state index is 0.751. The second-order valence-corrected chi connectivity index (χ2v) is 3.33. The van der Waals surface area contributed by atoms with Crippen molar-refractivity contribution in [3.8, 4) is 0 Å². The van der Waals surface area contributed by atoms with E-state index in [0.29, 0.717) is 0 Å². The highest BCUT2D eigenvalue weighted by molar-refractivity contribution is 5.27. The molecule has 0 aromatic carbocycles. The molecule has 4 heteroatoms. The summed E-state index contributed by atoms with van der Waals surface area (Å²) in [5.41, 5.74) is 0. The van der Waals surface area contributed by atoms with Crippen molar-refractivity contribution in [1.29, 1.82) is 0 Å². The van der Waals surface area contributed by atoms with E-state index in [2.05, 4.69) is 15.2 Å². The molecule has 1 aromatic heterocycles. The zero-order chi connectivity index (χ0) is 9.10. The number of oxazole rings is 1. The molecule has 1 aliphatic rings. The molecule has 13 heavy (non-hydrogen) atoms. The van der Waals surface area contributed by atoms with Crippen LogP contribution in [0.15, 0.2) is 10.6 Å². The van der Waals surface area contributed by atoms with Gasteiger partial charge in [0.15, 0.2) is 0 Å². The molecule has 1 saturated heterocycles. The summed E-state index contributed by atoms with van der Waals surface area (Å²) in [5.74, 6) is 0.907. The van der Waals surface area contributed by atoms with Gasteiger partial charge in [0, 0.05) is 13.1 Å². The van der Waals surface area contributed by atoms with Gasteiger partial charge in [-0.25, -0.2) is 4.98 Å². The van der Waals surface area contributed by atoms with Crippen LogP contribution in [0.25, 0.3) is 0 Å². The topological polar surface area (TPSA) is 41.3 Å². The minimum Gasteiger partial charge on any atom is -0.427 e. The van der Waals surface area contributed by atoms with Crippen LogP contribution < -0.4 is 10.2 Å². The molecular formula is C9H15N3O. The predicted molar refractivity (Wildman–Crippen MR) is 50.7 cm³/mol. The summed E-state index contributed by atoms with van der Waals surface area (Å²) in [4.78, 5) is 6.43. The Kier molecular flexibility index (Phi) is 2.49. The van der Waals surface area contributed by atoms with Crippen molar-refractivity contribution in [3.63, 3.8) is 0 Å². The smallest absolute Gasteiger partial charge is 0.297 e. The number of anilines is 1. The summed E-state index contributed by atoms with van der Waals surface area (Å²) < 4.78 is 5.56. The van der Waals surface area contributed by atoms with Crippen LogP contribution in [0.4, 0.5) is 6.01 Å². The van der Waals surface area contributed by atoms with Gasteiger partial charge in [-0.15, -0.1) is 0 Å². The van der Waals surface area contributed by atoms with E-state index in [1.807, 2.05) is 7.05 Å². The maximum atomic E-state index is 5.56. The SMILES string of the molecule is CNCc1cnc(N2CCCC2)o1. The van der Waals surface area contributed by atoms with Crippen molar-refractivity contribution in [1.82, 2.24) is 10.3 Å². The number of hydrogen-bond donors (Lipinski definition) is 1. The predicted octanol–water partition coefficient (Wildman–Crippen LogP) is 0.994. The highest BCUT2D eigenvalue weighted by atomic mass is 16.4. The van der Waals surface area contributed by atoms with Crippen molar-refractivity contribution in [2.24, 2.45) is 0 Å². The number of aromatic nitrogens is 1. The zero-order valence-corrected chi connectivity index (χ0v) is 7.92. The maximum Gasteiger partial charge on any atom is 0.297 e. The Bertz CT molecular complexity index is 266. The van der Waals surface area contributed by atoms with Gasteiger partial charge in [-0.05, 0) is 19.9 Å². The molecule has 0 radical (unpaired) electrons. The van der Waals surface area contributed by atoms with Gasteiger partial charge in [0.05, 0.1) is 12.7 Å². The van der Waals surface area contributed by atoms with Gasteiger partial charge in [0.25, 0.3) is 6.01 Å². The third-order valence-corrected chi connectivity index (χ3v) is 2.27. The first-order valence-electron chi connectivity index (χ1n) is 4.74. The molecule has 72 valence electrons. The fourth-order valence-electron chi connectivity index (χ4n) is 1.61. The molecule has 0 unspecified atom stereocenters. The molecule has 1 N–H and O–H groups in total. The van der Waals surface area contributed by atoms with E-state index in [1.54, 1.807) is 6.20 Å². The average molecular weight is 181 g/mol. The van der Waals surface area contributed by atoms with Gasteiger partial charge in [-0.3, -0.25) is 0 Å². The van der Waals surface area contributed by atoms with Gasteiger partial charge >= 0.3 is 0 Å². The monoisotopic (exact) mass is 181 g/mol. The Labute approximate surface area is 77.9 Å². The minimum absolute atomic E-state index is 0.751. The molecule has 0 atom stereocenters. The summed E-state index contributed by atoms with van der Waals surface area (Å²) in [6.45, 7) is 2.92. The van der Waals surface area contributed by atoms with Crippen molar-refractivity contribution in [2.45, 2.75) is 19.4 Å². The van der Waals surface area contributed by atoms with Gasteiger partial charge in [0.2, 0.25) is 0 Å². The van der Waals surface area contributed by atoms with Crippen LogP contribution in [0.1, 0.15) is 18.6 Å². The summed E-state index contributed by atoms with van der Waals surface area (Å²) in [6.07, 6.45) is 4.30. The summed E-state index contributed by atoms with van der Waals surface area (Å²) in [6, 6.07) is 0.780. The van der Waals surface area contributed by atoms with Crippen LogP contribution in [0.2, 0.25) is 0 Å². The molecule has 1 fully saturated rings. The largest absolute Gasteiger partial charge is 0.427 e. The second-order valence-electron chi connectivity index (χ2n) is 3.33. The normalized spacial score (nSPS) is 16.8. The summed E-state index contributed by atoms with van der Waals surface area (Å²) in [7, 11) is 1.90. The highest BCUT2D eigenvalue weighted by Crippen LogP contribution is 2.19. The third kappa shape index (κ3) is 1.83. The molecule has 2 heterocycles. The molecule has 0 aliphatic carbocycles. The van der Waals surface area contributed by atoms with Crippen molar-refractivity contribution in [3.05, 3.63) is 12.0 Å². The Morgan fingerprint density at radius 2 is 2.31 bits per heavy atom. The lowest BCUT2D eigenvalue weighted by Crippen LogP contribution is -2.17. The van der Waals surface area contributed by atoms with Crippen LogP contribution in [-0.2, 0) is 6.54 Å². The Morgan fingerprint density at radius 3 is 3.00 bits per heavy atom. The average Bonchev–Trinajstić information content (AvgIpc) is 2.70. The van der Waals surface area contributed by atoms with Crippen LogP contribution in [0, 0.1) is 0 Å². The second kappa shape index (κ2) is 3.79. The van der Waals surface area contributed by atoms with Gasteiger partial charge in [0.1, 0.15) is 5.76 Å². The molecule has 0 amide bonds. The van der Waals surface area contributed by atoms with Crippen LogP contribution in [0.5, 0.6) is 0 Å². The third-order valence-electron chi connectivity index (χ3n) is 2.27. The van der Waals surface area contributed by atoms with Gasteiger partial charge in [-0.1, -0.05) is 0 Å². The molecule has 0 bridgehead atoms. The number of hydrogen-bond acceptors (Lipinski definition) is 4. The molecular weight excluding hydrogens is 166 g/mol. The number of nitrogens with zero attached hydrogens (tertiary/aromatic N) is 2. The number of nitrogens with one attached hydrogen (secondary N) is 1.